The second-order valence-corrected chi connectivity index (χ2v) is 11.1. The molecule has 0 amide bonds. The molecule has 1 N–H and O–H groups in total. The van der Waals surface area contributed by atoms with Crippen molar-refractivity contribution >= 4 is 13.3 Å². The maximum atomic E-state index is 9.71. The molecule has 0 radical (unpaired) electrons. The van der Waals surface area contributed by atoms with Gasteiger partial charge in [-0.1, -0.05) is 97.2 Å². The SMILES string of the molecule is OCCC(c1ccccc1)[Si]1(c2ccccc2)CCCCC1. The molecule has 2 heteroatoms. The van der Waals surface area contributed by atoms with Gasteiger partial charge in [-0.2, -0.15) is 0 Å². The van der Waals surface area contributed by atoms with Crippen molar-refractivity contribution in [2.24, 2.45) is 0 Å². The third kappa shape index (κ3) is 3.04. The minimum atomic E-state index is -1.61. The van der Waals surface area contributed by atoms with Crippen molar-refractivity contribution in [1.82, 2.24) is 0 Å². The van der Waals surface area contributed by atoms with Gasteiger partial charge < -0.3 is 5.11 Å². The summed E-state index contributed by atoms with van der Waals surface area (Å²) in [5.41, 5.74) is 1.98. The first kappa shape index (κ1) is 15.5. The predicted octanol–water partition coefficient (Wildman–Crippen LogP) is 4.23. The third-order valence-corrected chi connectivity index (χ3v) is 11.3. The fourth-order valence-electron chi connectivity index (χ4n) is 4.37. The Kier molecular flexibility index (Phi) is 5.11. The lowest BCUT2D eigenvalue weighted by Gasteiger charge is -2.42. The van der Waals surface area contributed by atoms with E-state index in [0.717, 1.165) is 6.42 Å². The highest BCUT2D eigenvalue weighted by molar-refractivity contribution is 6.93. The Hall–Kier alpha value is -1.38. The average Bonchev–Trinajstić information content (AvgIpc) is 2.62. The second-order valence-electron chi connectivity index (χ2n) is 6.56. The first-order valence-corrected chi connectivity index (χ1v) is 11.1. The van der Waals surface area contributed by atoms with Crippen LogP contribution < -0.4 is 5.19 Å². The molecule has 1 aliphatic heterocycles. The van der Waals surface area contributed by atoms with Gasteiger partial charge in [0.25, 0.3) is 0 Å². The van der Waals surface area contributed by atoms with Crippen molar-refractivity contribution in [1.29, 1.82) is 0 Å². The van der Waals surface area contributed by atoms with Crippen LogP contribution >= 0.6 is 0 Å². The van der Waals surface area contributed by atoms with Crippen LogP contribution in [0.3, 0.4) is 0 Å². The Balaban J connectivity index is 2.06. The molecule has 2 aromatic carbocycles. The van der Waals surface area contributed by atoms with E-state index in [1.807, 2.05) is 0 Å². The Morgan fingerprint density at radius 3 is 2.00 bits per heavy atom. The zero-order chi connectivity index (χ0) is 15.3. The highest BCUT2D eigenvalue weighted by Crippen LogP contribution is 2.41. The summed E-state index contributed by atoms with van der Waals surface area (Å²) in [6.45, 7) is 0.293. The largest absolute Gasteiger partial charge is 0.396 e. The second kappa shape index (κ2) is 7.25. The lowest BCUT2D eigenvalue weighted by atomic mass is 10.1. The van der Waals surface area contributed by atoms with E-state index in [1.54, 1.807) is 5.19 Å². The lowest BCUT2D eigenvalue weighted by Crippen LogP contribution is -2.54. The van der Waals surface area contributed by atoms with E-state index in [4.69, 9.17) is 0 Å². The maximum Gasteiger partial charge on any atom is 0.0941 e. The van der Waals surface area contributed by atoms with Gasteiger partial charge in [0.1, 0.15) is 0 Å². The first-order valence-electron chi connectivity index (χ1n) is 8.58. The molecule has 0 aliphatic carbocycles. The Labute approximate surface area is 135 Å². The third-order valence-electron chi connectivity index (χ3n) is 5.38. The van der Waals surface area contributed by atoms with E-state index in [2.05, 4.69) is 60.7 Å². The van der Waals surface area contributed by atoms with E-state index in [1.165, 1.54) is 36.9 Å². The molecular formula is C20H26OSi. The van der Waals surface area contributed by atoms with Crippen molar-refractivity contribution in [2.45, 2.75) is 43.3 Å². The van der Waals surface area contributed by atoms with E-state index < -0.39 is 8.07 Å². The van der Waals surface area contributed by atoms with Crippen LogP contribution in [0.4, 0.5) is 0 Å². The Morgan fingerprint density at radius 1 is 0.818 bits per heavy atom. The van der Waals surface area contributed by atoms with Crippen molar-refractivity contribution in [2.75, 3.05) is 6.61 Å². The van der Waals surface area contributed by atoms with Crippen LogP contribution in [0.1, 0.15) is 36.8 Å². The molecule has 1 nitrogen and oxygen atoms in total. The van der Waals surface area contributed by atoms with Gasteiger partial charge in [-0.05, 0) is 17.5 Å². The molecule has 0 spiro atoms. The molecule has 0 aromatic heterocycles. The fraction of sp³-hybridized carbons (Fsp3) is 0.400. The van der Waals surface area contributed by atoms with Crippen LogP contribution in [-0.4, -0.2) is 19.8 Å². The van der Waals surface area contributed by atoms with Gasteiger partial charge in [0, 0.05) is 6.61 Å². The molecule has 3 rings (SSSR count). The highest BCUT2D eigenvalue weighted by Gasteiger charge is 2.43. The van der Waals surface area contributed by atoms with Crippen LogP contribution in [0, 0.1) is 0 Å². The molecule has 1 fully saturated rings. The molecule has 0 saturated carbocycles. The number of aliphatic hydroxyl groups is 1. The van der Waals surface area contributed by atoms with Crippen LogP contribution in [0.15, 0.2) is 60.7 Å². The van der Waals surface area contributed by atoms with Gasteiger partial charge in [-0.15, -0.1) is 0 Å². The smallest absolute Gasteiger partial charge is 0.0941 e. The minimum absolute atomic E-state index is 0.293. The van der Waals surface area contributed by atoms with Gasteiger partial charge in [0.05, 0.1) is 8.07 Å². The molecule has 1 atom stereocenters. The summed E-state index contributed by atoms with van der Waals surface area (Å²) < 4.78 is 0. The Morgan fingerprint density at radius 2 is 1.41 bits per heavy atom. The fourth-order valence-corrected chi connectivity index (χ4v) is 10.4. The standard InChI is InChI=1S/C20H26OSi/c21-15-14-20(18-10-4-1-5-11-18)22(16-8-3-9-17-22)19-12-6-2-7-13-19/h1-2,4-7,10-13,20-21H,3,8-9,14-17H2. The predicted molar refractivity (Wildman–Crippen MR) is 96.2 cm³/mol. The quantitative estimate of drug-likeness (QED) is 0.819. The van der Waals surface area contributed by atoms with Gasteiger partial charge >= 0.3 is 0 Å². The van der Waals surface area contributed by atoms with E-state index >= 15 is 0 Å². The summed E-state index contributed by atoms with van der Waals surface area (Å²) in [4.78, 5) is 0. The molecule has 1 aliphatic rings. The lowest BCUT2D eigenvalue weighted by molar-refractivity contribution is 0.285. The maximum absolute atomic E-state index is 9.71. The van der Waals surface area contributed by atoms with Gasteiger partial charge in [0.2, 0.25) is 0 Å². The molecule has 2 aromatic rings. The number of aliphatic hydroxyl groups excluding tert-OH is 1. The zero-order valence-electron chi connectivity index (χ0n) is 13.2. The number of rotatable bonds is 5. The van der Waals surface area contributed by atoms with Gasteiger partial charge in [-0.3, -0.25) is 0 Å². The molecule has 1 saturated heterocycles. The molecule has 1 unspecified atom stereocenters. The van der Waals surface area contributed by atoms with Crippen LogP contribution in [-0.2, 0) is 0 Å². The molecule has 0 bridgehead atoms. The summed E-state index contributed by atoms with van der Waals surface area (Å²) in [6, 6.07) is 24.9. The van der Waals surface area contributed by atoms with Crippen molar-refractivity contribution in [3.63, 3.8) is 0 Å². The van der Waals surface area contributed by atoms with Crippen molar-refractivity contribution in [3.05, 3.63) is 66.2 Å². The summed E-state index contributed by atoms with van der Waals surface area (Å²) in [7, 11) is -1.61. The molecular weight excluding hydrogens is 284 g/mol. The number of hydrogen-bond donors (Lipinski definition) is 1. The van der Waals surface area contributed by atoms with Crippen LogP contribution in [0.25, 0.3) is 0 Å². The minimum Gasteiger partial charge on any atom is -0.396 e. The van der Waals surface area contributed by atoms with E-state index in [-0.39, 0.29) is 0 Å². The summed E-state index contributed by atoms with van der Waals surface area (Å²) in [5, 5.41) is 11.3. The molecule has 116 valence electrons. The summed E-state index contributed by atoms with van der Waals surface area (Å²) in [6.07, 6.45) is 5.00. The topological polar surface area (TPSA) is 20.2 Å². The van der Waals surface area contributed by atoms with E-state index in [0.29, 0.717) is 12.1 Å². The first-order chi connectivity index (χ1) is 10.9. The highest BCUT2D eigenvalue weighted by atomic mass is 28.3. The van der Waals surface area contributed by atoms with Crippen LogP contribution in [0.2, 0.25) is 12.1 Å². The molecule has 22 heavy (non-hydrogen) atoms. The van der Waals surface area contributed by atoms with Gasteiger partial charge in [-0.25, -0.2) is 0 Å². The van der Waals surface area contributed by atoms with Crippen molar-refractivity contribution < 1.29 is 5.11 Å². The number of benzene rings is 2. The number of hydrogen-bond acceptors (Lipinski definition) is 1. The Bertz CT molecular complexity index is 561. The average molecular weight is 311 g/mol. The van der Waals surface area contributed by atoms with Gasteiger partial charge in [0.15, 0.2) is 0 Å². The monoisotopic (exact) mass is 310 g/mol. The van der Waals surface area contributed by atoms with Crippen LogP contribution in [0.5, 0.6) is 0 Å². The summed E-state index contributed by atoms with van der Waals surface area (Å²) >= 11 is 0. The van der Waals surface area contributed by atoms with Crippen molar-refractivity contribution in [3.8, 4) is 0 Å². The zero-order valence-corrected chi connectivity index (χ0v) is 14.2. The normalized spacial score (nSPS) is 18.8. The molecule has 1 heterocycles. The summed E-state index contributed by atoms with van der Waals surface area (Å²) in [5.74, 6) is 0. The van der Waals surface area contributed by atoms with E-state index in [9.17, 15) is 5.11 Å².